The minimum atomic E-state index is 0.00775. The Balaban J connectivity index is 0.00000198. The van der Waals surface area contributed by atoms with Crippen LogP contribution in [0.3, 0.4) is 0 Å². The molecule has 0 saturated heterocycles. The van der Waals surface area contributed by atoms with Gasteiger partial charge in [-0.05, 0) is 92.6 Å². The van der Waals surface area contributed by atoms with E-state index in [1.165, 1.54) is 0 Å². The summed E-state index contributed by atoms with van der Waals surface area (Å²) in [7, 11) is 0. The van der Waals surface area contributed by atoms with Crippen molar-refractivity contribution in [1.82, 2.24) is 4.57 Å². The summed E-state index contributed by atoms with van der Waals surface area (Å²) in [5.74, 6) is 0.886. The van der Waals surface area contributed by atoms with Crippen LogP contribution in [0.2, 0.25) is 5.02 Å². The van der Waals surface area contributed by atoms with Crippen molar-refractivity contribution < 1.29 is 14.4 Å². The molecule has 0 aliphatic rings. The lowest BCUT2D eigenvalue weighted by atomic mass is 9.97. The highest BCUT2D eigenvalue weighted by molar-refractivity contribution is 7.99. The van der Waals surface area contributed by atoms with Gasteiger partial charge >= 0.3 is 6.47 Å². The van der Waals surface area contributed by atoms with E-state index in [1.54, 1.807) is 11.8 Å². The first kappa shape index (κ1) is 31.1. The van der Waals surface area contributed by atoms with Gasteiger partial charge in [0, 0.05) is 55.0 Å². The van der Waals surface area contributed by atoms with Crippen molar-refractivity contribution in [2.75, 3.05) is 5.75 Å². The fraction of sp³-hybridized carbons (Fsp3) is 0.229. The first-order chi connectivity index (χ1) is 20.5. The fourth-order valence-corrected chi connectivity index (χ4v) is 6.02. The number of carbonyl (C=O) groups is 2. The molecule has 216 valence electrons. The number of benzene rings is 4. The van der Waals surface area contributed by atoms with Crippen molar-refractivity contribution in [2.24, 2.45) is 5.16 Å². The van der Waals surface area contributed by atoms with Crippen molar-refractivity contribution in [3.63, 3.8) is 0 Å². The van der Waals surface area contributed by atoms with E-state index in [4.69, 9.17) is 16.4 Å². The Bertz CT molecular complexity index is 1720. The van der Waals surface area contributed by atoms with E-state index in [0.717, 1.165) is 61.6 Å². The molecule has 5 aromatic rings. The van der Waals surface area contributed by atoms with Gasteiger partial charge in [0.05, 0.1) is 5.71 Å². The third-order valence-electron chi connectivity index (χ3n) is 7.01. The molecule has 0 aliphatic heterocycles. The zero-order valence-corrected chi connectivity index (χ0v) is 26.0. The number of aryl methyl sites for hydroxylation is 2. The number of ketones is 1. The summed E-state index contributed by atoms with van der Waals surface area (Å²) in [6, 6.07) is 27.6. The summed E-state index contributed by atoms with van der Waals surface area (Å²) in [5, 5.41) is 6.89. The summed E-state index contributed by atoms with van der Waals surface area (Å²) in [6.07, 6.45) is 1.49. The Morgan fingerprint density at radius 3 is 2.21 bits per heavy atom. The lowest BCUT2D eigenvalue weighted by molar-refractivity contribution is -0.128. The van der Waals surface area contributed by atoms with Gasteiger partial charge in [0.2, 0.25) is 0 Å². The molecule has 0 N–H and O–H groups in total. The molecule has 0 atom stereocenters. The smallest absolute Gasteiger partial charge is 0.323 e. The molecule has 0 unspecified atom stereocenters. The van der Waals surface area contributed by atoms with Crippen LogP contribution in [0.15, 0.2) is 95.0 Å². The Morgan fingerprint density at radius 1 is 0.929 bits per heavy atom. The summed E-state index contributed by atoms with van der Waals surface area (Å²) < 4.78 is 2.25. The molecular formula is C35H35ClN2O3S. The molecule has 7 heteroatoms. The van der Waals surface area contributed by atoms with Crippen LogP contribution in [-0.4, -0.2) is 28.3 Å². The van der Waals surface area contributed by atoms with Gasteiger partial charge in [-0.2, -0.15) is 0 Å². The van der Waals surface area contributed by atoms with Crippen molar-refractivity contribution in [3.05, 3.63) is 112 Å². The van der Waals surface area contributed by atoms with Crippen molar-refractivity contribution in [2.45, 2.75) is 52.0 Å². The zero-order valence-electron chi connectivity index (χ0n) is 24.4. The number of nitrogens with zero attached hydrogens (tertiary/aromatic N) is 2. The number of halogens is 1. The fourth-order valence-electron chi connectivity index (χ4n) is 5.04. The quantitative estimate of drug-likeness (QED) is 0.0289. The number of aromatic nitrogens is 1. The highest BCUT2D eigenvalue weighted by Gasteiger charge is 2.17. The summed E-state index contributed by atoms with van der Waals surface area (Å²) >= 11 is 7.74. The maximum atomic E-state index is 13.4. The molecule has 0 bridgehead atoms. The highest BCUT2D eigenvalue weighted by atomic mass is 35.5. The molecular weight excluding hydrogens is 564 g/mol. The maximum Gasteiger partial charge on any atom is 0.323 e. The molecule has 0 fully saturated rings. The van der Waals surface area contributed by atoms with Crippen LogP contribution < -0.4 is 0 Å². The van der Waals surface area contributed by atoms with Crippen LogP contribution in [-0.2, 0) is 16.2 Å². The number of oxime groups is 1. The third-order valence-corrected chi connectivity index (χ3v) is 8.36. The van der Waals surface area contributed by atoms with E-state index in [0.29, 0.717) is 29.7 Å². The van der Waals surface area contributed by atoms with Crippen molar-refractivity contribution in [3.8, 4) is 0 Å². The molecule has 0 saturated carbocycles. The Kier molecular flexibility index (Phi) is 11.0. The van der Waals surface area contributed by atoms with Gasteiger partial charge in [-0.3, -0.25) is 9.59 Å². The topological polar surface area (TPSA) is 60.7 Å². The number of hydrogen-bond acceptors (Lipinski definition) is 5. The molecule has 0 spiro atoms. The van der Waals surface area contributed by atoms with Gasteiger partial charge in [0.25, 0.3) is 0 Å². The van der Waals surface area contributed by atoms with Crippen LogP contribution in [0, 0.1) is 6.92 Å². The van der Waals surface area contributed by atoms with Crippen LogP contribution >= 0.6 is 23.4 Å². The summed E-state index contributed by atoms with van der Waals surface area (Å²) in [5.41, 5.74) is 6.05. The lowest BCUT2D eigenvalue weighted by Crippen LogP contribution is -2.03. The van der Waals surface area contributed by atoms with Gasteiger partial charge in [0.1, 0.15) is 0 Å². The molecule has 42 heavy (non-hydrogen) atoms. The van der Waals surface area contributed by atoms with Gasteiger partial charge in [-0.25, -0.2) is 0 Å². The molecule has 5 nitrogen and oxygen atoms in total. The standard InChI is InChI=1S/C33H29ClN2O3S.C2H6/c1-3-36-31-16-10-23(30(35-39-21-37)9-6-18-40-26-14-12-25(34)13-15-26)19-28(31)29-20-24(11-17-32(29)36)33(38)27-8-5-4-7-22(27)2;1-2/h4-5,7-8,10-17,19-21H,3,6,9,18H2,1-2H3;1-2H3/b35-30+;. The first-order valence-corrected chi connectivity index (χ1v) is 15.6. The number of rotatable bonds is 11. The monoisotopic (exact) mass is 598 g/mol. The molecule has 4 aromatic carbocycles. The Morgan fingerprint density at radius 2 is 1.57 bits per heavy atom. The van der Waals surface area contributed by atoms with E-state index in [-0.39, 0.29) is 5.78 Å². The SMILES string of the molecule is CC.CCn1c2ccc(C(=O)c3ccccc3C)cc2c2cc(/C(CCCSc3ccc(Cl)cc3)=N/OC=O)ccc21. The number of thioether (sulfide) groups is 1. The average Bonchev–Trinajstić information content (AvgIpc) is 3.34. The molecule has 1 aromatic heterocycles. The van der Waals surface area contributed by atoms with Crippen LogP contribution in [0.1, 0.15) is 60.7 Å². The molecule has 0 amide bonds. The lowest BCUT2D eigenvalue weighted by Gasteiger charge is -2.08. The second-order valence-electron chi connectivity index (χ2n) is 9.50. The number of fused-ring (bicyclic) bond motifs is 3. The van der Waals surface area contributed by atoms with E-state index < -0.39 is 0 Å². The van der Waals surface area contributed by atoms with Gasteiger partial charge in [-0.15, -0.1) is 11.8 Å². The normalized spacial score (nSPS) is 11.3. The van der Waals surface area contributed by atoms with Crippen molar-refractivity contribution in [1.29, 1.82) is 0 Å². The summed E-state index contributed by atoms with van der Waals surface area (Å²) in [4.78, 5) is 30.4. The average molecular weight is 599 g/mol. The van der Waals surface area contributed by atoms with Gasteiger partial charge in [0.15, 0.2) is 5.78 Å². The molecule has 0 aliphatic carbocycles. The molecule has 5 rings (SSSR count). The predicted octanol–water partition coefficient (Wildman–Crippen LogP) is 9.48. The molecule has 0 radical (unpaired) electrons. The second-order valence-corrected chi connectivity index (χ2v) is 11.1. The number of carbonyl (C=O) groups excluding carboxylic acids is 2. The van der Waals surface area contributed by atoms with E-state index in [9.17, 15) is 9.59 Å². The van der Waals surface area contributed by atoms with E-state index >= 15 is 0 Å². The zero-order chi connectivity index (χ0) is 30.1. The predicted molar refractivity (Wildman–Crippen MR) is 176 cm³/mol. The van der Waals surface area contributed by atoms with Crippen LogP contribution in [0.4, 0.5) is 0 Å². The molecule has 1 heterocycles. The van der Waals surface area contributed by atoms with E-state index in [2.05, 4.69) is 28.8 Å². The van der Waals surface area contributed by atoms with Crippen LogP contribution in [0.5, 0.6) is 0 Å². The van der Waals surface area contributed by atoms with Crippen molar-refractivity contribution >= 4 is 63.1 Å². The Hall–Kier alpha value is -3.87. The maximum absolute atomic E-state index is 13.4. The van der Waals surface area contributed by atoms with Gasteiger partial charge < -0.3 is 9.40 Å². The Labute approximate surface area is 256 Å². The minimum Gasteiger partial charge on any atom is -0.341 e. The third kappa shape index (κ3) is 6.94. The minimum absolute atomic E-state index is 0.00775. The van der Waals surface area contributed by atoms with Gasteiger partial charge in [-0.1, -0.05) is 60.9 Å². The largest absolute Gasteiger partial charge is 0.341 e. The van der Waals surface area contributed by atoms with Crippen LogP contribution in [0.25, 0.3) is 21.8 Å². The second kappa shape index (κ2) is 14.9. The summed E-state index contributed by atoms with van der Waals surface area (Å²) in [6.45, 7) is 9.20. The highest BCUT2D eigenvalue weighted by Crippen LogP contribution is 2.32. The first-order valence-electron chi connectivity index (χ1n) is 14.2. The number of hydrogen-bond donors (Lipinski definition) is 0. The van der Waals surface area contributed by atoms with E-state index in [1.807, 2.05) is 93.6 Å².